The molecule has 108 valence electrons. The average Bonchev–Trinajstić information content (AvgIpc) is 2.85. The van der Waals surface area contributed by atoms with Crippen LogP contribution in [-0.4, -0.2) is 27.9 Å². The van der Waals surface area contributed by atoms with E-state index >= 15 is 0 Å². The van der Waals surface area contributed by atoms with Gasteiger partial charge in [-0.15, -0.1) is 11.3 Å². The second-order valence-electron chi connectivity index (χ2n) is 4.71. The zero-order valence-corrected chi connectivity index (χ0v) is 12.8. The van der Waals surface area contributed by atoms with Crippen molar-refractivity contribution in [2.24, 2.45) is 11.1 Å². The van der Waals surface area contributed by atoms with Crippen molar-refractivity contribution in [3.05, 3.63) is 17.0 Å². The van der Waals surface area contributed by atoms with Crippen LogP contribution in [0.25, 0.3) is 0 Å². The van der Waals surface area contributed by atoms with Crippen molar-refractivity contribution in [2.45, 2.75) is 24.6 Å². The highest BCUT2D eigenvalue weighted by molar-refractivity contribution is 7.91. The van der Waals surface area contributed by atoms with Crippen LogP contribution in [-0.2, 0) is 21.4 Å². The van der Waals surface area contributed by atoms with E-state index in [1.54, 1.807) is 19.9 Å². The van der Waals surface area contributed by atoms with Crippen LogP contribution >= 0.6 is 11.3 Å². The molecule has 0 unspecified atom stereocenters. The lowest BCUT2D eigenvalue weighted by Gasteiger charge is -2.22. The molecule has 8 heteroatoms. The molecule has 0 radical (unpaired) electrons. The molecule has 0 aromatic carbocycles. The summed E-state index contributed by atoms with van der Waals surface area (Å²) in [6.45, 7) is 3.69. The number of sulfonamides is 1. The monoisotopic (exact) mass is 305 g/mol. The second-order valence-corrected chi connectivity index (χ2v) is 7.87. The molecule has 4 N–H and O–H groups in total. The first-order chi connectivity index (χ1) is 8.73. The van der Waals surface area contributed by atoms with E-state index in [-0.39, 0.29) is 16.7 Å². The third-order valence-electron chi connectivity index (χ3n) is 2.65. The maximum Gasteiger partial charge on any atom is 0.250 e. The molecule has 0 saturated carbocycles. The van der Waals surface area contributed by atoms with Crippen molar-refractivity contribution in [3.63, 3.8) is 0 Å². The molecule has 0 saturated heterocycles. The summed E-state index contributed by atoms with van der Waals surface area (Å²) in [5, 5.41) is 2.51. The standard InChI is InChI=1S/C11H19N3O3S2/c1-11(2,10(15)13-3)7-14-19(16,17)9-5-4-8(6-12)18-9/h4-5,14H,6-7,12H2,1-3H3,(H,13,15). The molecule has 0 atom stereocenters. The maximum atomic E-state index is 12.0. The Morgan fingerprint density at radius 1 is 1.42 bits per heavy atom. The maximum absolute atomic E-state index is 12.0. The van der Waals surface area contributed by atoms with Crippen molar-refractivity contribution in [1.29, 1.82) is 0 Å². The molecule has 0 spiro atoms. The Hall–Kier alpha value is -0.960. The van der Waals surface area contributed by atoms with Crippen molar-refractivity contribution >= 4 is 27.3 Å². The van der Waals surface area contributed by atoms with Gasteiger partial charge in [-0.2, -0.15) is 0 Å². The Balaban J connectivity index is 2.78. The van der Waals surface area contributed by atoms with Gasteiger partial charge in [0.25, 0.3) is 0 Å². The van der Waals surface area contributed by atoms with Crippen LogP contribution in [0.2, 0.25) is 0 Å². The number of nitrogens with two attached hydrogens (primary N) is 1. The quantitative estimate of drug-likeness (QED) is 0.701. The Morgan fingerprint density at radius 3 is 2.53 bits per heavy atom. The number of hydrogen-bond donors (Lipinski definition) is 3. The van der Waals surface area contributed by atoms with Crippen LogP contribution in [0.1, 0.15) is 18.7 Å². The van der Waals surface area contributed by atoms with Crippen LogP contribution in [0.15, 0.2) is 16.3 Å². The van der Waals surface area contributed by atoms with Gasteiger partial charge in [0, 0.05) is 25.0 Å². The van der Waals surface area contributed by atoms with Gasteiger partial charge in [-0.05, 0) is 26.0 Å². The fourth-order valence-electron chi connectivity index (χ4n) is 1.38. The SMILES string of the molecule is CNC(=O)C(C)(C)CNS(=O)(=O)c1ccc(CN)s1. The third kappa shape index (κ3) is 4.00. The lowest BCUT2D eigenvalue weighted by Crippen LogP contribution is -2.43. The zero-order chi connectivity index (χ0) is 14.7. The molecule has 0 aliphatic carbocycles. The van der Waals surface area contributed by atoms with Gasteiger partial charge in [0.15, 0.2) is 0 Å². The lowest BCUT2D eigenvalue weighted by molar-refractivity contribution is -0.128. The van der Waals surface area contributed by atoms with Crippen molar-refractivity contribution in [2.75, 3.05) is 13.6 Å². The third-order valence-corrected chi connectivity index (χ3v) is 5.65. The zero-order valence-electron chi connectivity index (χ0n) is 11.2. The molecular formula is C11H19N3O3S2. The summed E-state index contributed by atoms with van der Waals surface area (Å²) in [5.41, 5.74) is 4.64. The summed E-state index contributed by atoms with van der Waals surface area (Å²) in [5.74, 6) is -0.218. The number of thiophene rings is 1. The summed E-state index contributed by atoms with van der Waals surface area (Å²) in [4.78, 5) is 12.4. The van der Waals surface area contributed by atoms with Crippen LogP contribution in [0, 0.1) is 5.41 Å². The van der Waals surface area contributed by atoms with Gasteiger partial charge in [-0.3, -0.25) is 4.79 Å². The summed E-state index contributed by atoms with van der Waals surface area (Å²) >= 11 is 1.13. The number of carbonyl (C=O) groups is 1. The van der Waals surface area contributed by atoms with Gasteiger partial charge >= 0.3 is 0 Å². The minimum Gasteiger partial charge on any atom is -0.359 e. The predicted octanol–water partition coefficient (Wildman–Crippen LogP) is 0.257. The van der Waals surface area contributed by atoms with E-state index in [0.29, 0.717) is 6.54 Å². The second kappa shape index (κ2) is 6.00. The number of amides is 1. The molecule has 19 heavy (non-hydrogen) atoms. The van der Waals surface area contributed by atoms with E-state index in [2.05, 4.69) is 10.0 Å². The molecule has 0 aliphatic rings. The fourth-order valence-corrected chi connectivity index (χ4v) is 3.87. The molecule has 0 bridgehead atoms. The number of carbonyl (C=O) groups excluding carboxylic acids is 1. The molecule has 6 nitrogen and oxygen atoms in total. The fraction of sp³-hybridized carbons (Fsp3) is 0.545. The van der Waals surface area contributed by atoms with Gasteiger partial charge in [-0.25, -0.2) is 13.1 Å². The Labute approximate surface area is 117 Å². The number of rotatable bonds is 6. The summed E-state index contributed by atoms with van der Waals surface area (Å²) < 4.78 is 26.7. The van der Waals surface area contributed by atoms with Crippen LogP contribution in [0.5, 0.6) is 0 Å². The van der Waals surface area contributed by atoms with E-state index in [4.69, 9.17) is 5.73 Å². The molecule has 1 rings (SSSR count). The normalized spacial score (nSPS) is 12.4. The van der Waals surface area contributed by atoms with E-state index < -0.39 is 15.4 Å². The topological polar surface area (TPSA) is 101 Å². The minimum absolute atomic E-state index is 0.0326. The summed E-state index contributed by atoms with van der Waals surface area (Å²) in [7, 11) is -2.07. The van der Waals surface area contributed by atoms with E-state index in [1.807, 2.05) is 0 Å². The van der Waals surface area contributed by atoms with Gasteiger partial charge in [0.1, 0.15) is 4.21 Å². The van der Waals surface area contributed by atoms with Gasteiger partial charge in [0.05, 0.1) is 5.41 Å². The highest BCUT2D eigenvalue weighted by Crippen LogP contribution is 2.22. The van der Waals surface area contributed by atoms with Crippen molar-refractivity contribution < 1.29 is 13.2 Å². The smallest absolute Gasteiger partial charge is 0.250 e. The first-order valence-corrected chi connectivity index (χ1v) is 8.03. The van der Waals surface area contributed by atoms with Gasteiger partial charge in [0.2, 0.25) is 15.9 Å². The largest absolute Gasteiger partial charge is 0.359 e. The molecule has 1 heterocycles. The van der Waals surface area contributed by atoms with E-state index in [9.17, 15) is 13.2 Å². The molecule has 0 fully saturated rings. The highest BCUT2D eigenvalue weighted by Gasteiger charge is 2.29. The molecule has 0 aliphatic heterocycles. The Morgan fingerprint density at radius 2 is 2.05 bits per heavy atom. The Kier molecular flexibility index (Phi) is 5.08. The van der Waals surface area contributed by atoms with E-state index in [0.717, 1.165) is 16.2 Å². The first kappa shape index (κ1) is 16.1. The van der Waals surface area contributed by atoms with Crippen molar-refractivity contribution in [3.8, 4) is 0 Å². The Bertz CT molecular complexity index is 549. The average molecular weight is 305 g/mol. The highest BCUT2D eigenvalue weighted by atomic mass is 32.2. The molecule has 1 aromatic rings. The lowest BCUT2D eigenvalue weighted by atomic mass is 9.93. The number of hydrogen-bond acceptors (Lipinski definition) is 5. The van der Waals surface area contributed by atoms with E-state index in [1.165, 1.54) is 13.1 Å². The van der Waals surface area contributed by atoms with Crippen LogP contribution < -0.4 is 15.8 Å². The van der Waals surface area contributed by atoms with Crippen LogP contribution in [0.4, 0.5) is 0 Å². The minimum atomic E-state index is -3.59. The number of nitrogens with one attached hydrogen (secondary N) is 2. The molecule has 1 aromatic heterocycles. The summed E-state index contributed by atoms with van der Waals surface area (Å²) in [6, 6.07) is 3.20. The molecule has 1 amide bonds. The molecular weight excluding hydrogens is 286 g/mol. The predicted molar refractivity (Wildman–Crippen MR) is 75.2 cm³/mol. The van der Waals surface area contributed by atoms with Gasteiger partial charge < -0.3 is 11.1 Å². The van der Waals surface area contributed by atoms with Gasteiger partial charge in [-0.1, -0.05) is 0 Å². The first-order valence-electron chi connectivity index (χ1n) is 5.73. The van der Waals surface area contributed by atoms with Crippen LogP contribution in [0.3, 0.4) is 0 Å². The van der Waals surface area contributed by atoms with Crippen molar-refractivity contribution in [1.82, 2.24) is 10.0 Å². The summed E-state index contributed by atoms with van der Waals surface area (Å²) in [6.07, 6.45) is 0.